The molecule has 0 aliphatic heterocycles. The molecule has 322 valence electrons. The summed E-state index contributed by atoms with van der Waals surface area (Å²) in [5, 5.41) is 60.6. The molecule has 7 aromatic rings. The quantitative estimate of drug-likeness (QED) is 0.0610. The average Bonchev–Trinajstić information content (AvgIpc) is 3.16. The summed E-state index contributed by atoms with van der Waals surface area (Å²) in [5.41, 5.74) is -0.403. The van der Waals surface area contributed by atoms with Crippen LogP contribution in [-0.4, -0.2) is 59.3 Å². The fraction of sp³-hybridized carbons (Fsp3) is 0. The number of nitrogens with one attached hydrogen (secondary N) is 1. The summed E-state index contributed by atoms with van der Waals surface area (Å²) in [5.74, 6) is -2.91. The number of azo groups is 2. The van der Waals surface area contributed by atoms with Crippen LogP contribution in [0.15, 0.2) is 150 Å². The second kappa shape index (κ2) is 22.7. The third-order valence-electron chi connectivity index (χ3n) is 8.74. The van der Waals surface area contributed by atoms with Gasteiger partial charge in [-0.2, -0.15) is 0 Å². The summed E-state index contributed by atoms with van der Waals surface area (Å²) in [4.78, 5) is -2.85. The Balaban J connectivity index is 0.00000282. The summed E-state index contributed by atoms with van der Waals surface area (Å²) in [6, 6.07) is 26.1. The van der Waals surface area contributed by atoms with Gasteiger partial charge in [-0.3, -0.25) is 0 Å². The van der Waals surface area contributed by atoms with Crippen molar-refractivity contribution in [2.45, 2.75) is 14.7 Å². The Morgan fingerprint density at radius 2 is 1.02 bits per heavy atom. The van der Waals surface area contributed by atoms with Crippen molar-refractivity contribution in [3.8, 4) is 34.1 Å². The Labute approximate surface area is 452 Å². The summed E-state index contributed by atoms with van der Waals surface area (Å²) < 4.78 is 109. The van der Waals surface area contributed by atoms with Gasteiger partial charge in [0.15, 0.2) is 5.75 Å². The third-order valence-corrected chi connectivity index (χ3v) is 11.4. The van der Waals surface area contributed by atoms with Crippen molar-refractivity contribution in [3.63, 3.8) is 0 Å². The maximum atomic E-state index is 12.5. The van der Waals surface area contributed by atoms with E-state index in [1.165, 1.54) is 54.6 Å². The summed E-state index contributed by atoms with van der Waals surface area (Å²) in [6.07, 6.45) is 0. The van der Waals surface area contributed by atoms with E-state index in [4.69, 9.17) is 0 Å². The van der Waals surface area contributed by atoms with E-state index in [-0.39, 0.29) is 161 Å². The molecule has 64 heavy (non-hydrogen) atoms. The van der Waals surface area contributed by atoms with Crippen molar-refractivity contribution in [2.75, 3.05) is 5.32 Å². The number of anilines is 2. The van der Waals surface area contributed by atoms with E-state index in [1.807, 2.05) is 18.2 Å². The molecule has 0 aromatic heterocycles. The van der Waals surface area contributed by atoms with E-state index in [2.05, 4.69) is 25.8 Å². The monoisotopic (exact) mass is 1050 g/mol. The Morgan fingerprint density at radius 3 is 1.53 bits per heavy atom. The van der Waals surface area contributed by atoms with Gasteiger partial charge in [0.05, 0.1) is 14.7 Å². The fourth-order valence-electron chi connectivity index (χ4n) is 6.11. The minimum absolute atomic E-state index is 0. The molecule has 0 atom stereocenters. The van der Waals surface area contributed by atoms with E-state index in [1.54, 1.807) is 12.1 Å². The average molecular weight is 1050 g/mol. The van der Waals surface area contributed by atoms with Crippen molar-refractivity contribution in [2.24, 2.45) is 20.5 Å². The standard InChI is InChI=1S/C38H27N5O13S3.2Cu.3Na/c44-29-16-20(9-13-27(29)40-42-35-31(46)18-23-15-25(39-24-6-2-1-3-7-24)11-12-26(23)38(35)59(54,55)56)21-10-14-28(30(45)17-21)41-43-36-33(58(51,52)53)19-22-5-4-8-32(57(48,49)50)34(22)37(36)47;;;;;/h1-19,39,44-47H,(H,48,49,50)(H,51,52,53)(H,54,55,56);;;;;/q;;;3*+1/p-3. The van der Waals surface area contributed by atoms with Crippen LogP contribution in [0.4, 0.5) is 34.1 Å². The number of hydrogen-bond donors (Lipinski definition) is 5. The first-order valence-corrected chi connectivity index (χ1v) is 20.8. The Morgan fingerprint density at radius 1 is 0.469 bits per heavy atom. The zero-order valence-electron chi connectivity index (χ0n) is 33.0. The van der Waals surface area contributed by atoms with E-state index < -0.39 is 84.8 Å². The summed E-state index contributed by atoms with van der Waals surface area (Å²) in [7, 11) is -15.8. The summed E-state index contributed by atoms with van der Waals surface area (Å²) in [6.45, 7) is 0. The Bertz CT molecular complexity index is 3300. The second-order valence-electron chi connectivity index (χ2n) is 12.6. The molecule has 18 nitrogen and oxygen atoms in total. The minimum Gasteiger partial charge on any atom is -0.744 e. The maximum absolute atomic E-state index is 12.5. The number of fused-ring (bicyclic) bond motifs is 2. The van der Waals surface area contributed by atoms with E-state index >= 15 is 0 Å². The number of nitrogens with zero attached hydrogens (tertiary/aromatic N) is 4. The molecule has 0 saturated carbocycles. The van der Waals surface area contributed by atoms with Crippen molar-refractivity contribution < 1.29 is 182 Å². The molecule has 0 bridgehead atoms. The van der Waals surface area contributed by atoms with Gasteiger partial charge >= 0.3 is 88.7 Å². The molecule has 26 heteroatoms. The van der Waals surface area contributed by atoms with Gasteiger partial charge in [-0.05, 0) is 88.6 Å². The maximum Gasteiger partial charge on any atom is 1.00 e. The number of aromatic hydroxyl groups is 4. The molecule has 5 N–H and O–H groups in total. The first kappa shape index (κ1) is 57.2. The molecule has 0 heterocycles. The smallest absolute Gasteiger partial charge is 0.744 e. The van der Waals surface area contributed by atoms with Crippen LogP contribution in [0.5, 0.6) is 23.0 Å². The van der Waals surface area contributed by atoms with Crippen LogP contribution in [0.1, 0.15) is 0 Å². The molecule has 0 aliphatic carbocycles. The number of para-hydroxylation sites is 1. The molecule has 0 saturated heterocycles. The van der Waals surface area contributed by atoms with Crippen molar-refractivity contribution >= 4 is 86.0 Å². The van der Waals surface area contributed by atoms with Gasteiger partial charge in [0, 0.05) is 56.3 Å². The van der Waals surface area contributed by atoms with Gasteiger partial charge < -0.3 is 39.4 Å². The van der Waals surface area contributed by atoms with Gasteiger partial charge in [0.1, 0.15) is 70.4 Å². The Hall–Kier alpha value is -2.97. The molecule has 0 unspecified atom stereocenters. The van der Waals surface area contributed by atoms with E-state index in [0.29, 0.717) is 11.8 Å². The third kappa shape index (κ3) is 12.5. The van der Waals surface area contributed by atoms with Crippen molar-refractivity contribution in [1.29, 1.82) is 0 Å². The molecule has 0 aliphatic rings. The zero-order valence-corrected chi connectivity index (χ0v) is 43.4. The van der Waals surface area contributed by atoms with Crippen LogP contribution in [-0.2, 0) is 64.5 Å². The van der Waals surface area contributed by atoms with Crippen LogP contribution >= 0.6 is 0 Å². The normalized spacial score (nSPS) is 11.5. The molecular weight excluding hydrogens is 1030 g/mol. The number of hydrogen-bond acceptors (Lipinski definition) is 18. The van der Waals surface area contributed by atoms with Crippen LogP contribution in [0, 0.1) is 0 Å². The number of benzene rings is 7. The first-order chi connectivity index (χ1) is 27.8. The first-order valence-electron chi connectivity index (χ1n) is 16.6. The SMILES string of the molecule is O=S(=O)([O-])c1cc2cccc(S(=O)(=O)[O-])c2c(O)c1N=Nc1ccc(-c2ccc(N=Nc3c(O)cc4cc(Nc5ccccc5)ccc4c3S(=O)(=O)[O-])c(O)c2)cc1O.[Cu].[Cu].[Na+].[Na+].[Na+]. The van der Waals surface area contributed by atoms with Gasteiger partial charge in [-0.1, -0.05) is 48.5 Å². The molecular formula is C38H24Cu2N5Na3O13S3. The van der Waals surface area contributed by atoms with Crippen LogP contribution < -0.4 is 94.0 Å². The second-order valence-corrected chi connectivity index (χ2v) is 16.6. The van der Waals surface area contributed by atoms with Crippen LogP contribution in [0.25, 0.3) is 32.7 Å². The zero-order chi connectivity index (χ0) is 42.4. The molecule has 7 rings (SSSR count). The molecule has 7 aromatic carbocycles. The topological polar surface area (TPSA) is 314 Å². The van der Waals surface area contributed by atoms with E-state index in [9.17, 15) is 59.3 Å². The molecule has 2 radical (unpaired) electrons. The van der Waals surface area contributed by atoms with Gasteiger partial charge in [0.25, 0.3) is 0 Å². The summed E-state index contributed by atoms with van der Waals surface area (Å²) >= 11 is 0. The molecule has 0 amide bonds. The predicted molar refractivity (Wildman–Crippen MR) is 208 cm³/mol. The van der Waals surface area contributed by atoms with Crippen LogP contribution in [0.2, 0.25) is 0 Å². The molecule has 0 fully saturated rings. The number of rotatable bonds is 10. The van der Waals surface area contributed by atoms with Crippen molar-refractivity contribution in [3.05, 3.63) is 115 Å². The van der Waals surface area contributed by atoms with Gasteiger partial charge in [-0.15, -0.1) is 20.5 Å². The van der Waals surface area contributed by atoms with Gasteiger partial charge in [0.2, 0.25) is 0 Å². The number of phenols is 4. The Kier molecular flexibility index (Phi) is 20.3. The fourth-order valence-corrected chi connectivity index (χ4v) is 8.30. The number of phenolic OH excluding ortho intramolecular Hbond substituents is 4. The predicted octanol–water partition coefficient (Wildman–Crippen LogP) is -1.22. The minimum atomic E-state index is -5.36. The largest absolute Gasteiger partial charge is 1.00 e. The van der Waals surface area contributed by atoms with Crippen LogP contribution in [0.3, 0.4) is 0 Å². The molecule has 0 spiro atoms. The van der Waals surface area contributed by atoms with Gasteiger partial charge in [-0.25, -0.2) is 25.3 Å². The van der Waals surface area contributed by atoms with E-state index in [0.717, 1.165) is 30.0 Å². The van der Waals surface area contributed by atoms with Crippen molar-refractivity contribution in [1.82, 2.24) is 0 Å².